The lowest BCUT2D eigenvalue weighted by molar-refractivity contribution is -0.148. The van der Waals surface area contributed by atoms with E-state index < -0.39 is 0 Å². The minimum absolute atomic E-state index is 0. The number of carbonyl (C=O) groups excluding carboxylic acids is 1. The van der Waals surface area contributed by atoms with Crippen LogP contribution in [0, 0.1) is 11.8 Å². The first-order valence-electron chi connectivity index (χ1n) is 5.09. The molecule has 0 saturated heterocycles. The van der Waals surface area contributed by atoms with Gasteiger partial charge >= 0.3 is 5.97 Å². The van der Waals surface area contributed by atoms with Crippen LogP contribution in [0.2, 0.25) is 0 Å². The summed E-state index contributed by atoms with van der Waals surface area (Å²) in [6.07, 6.45) is 3.58. The Morgan fingerprint density at radius 3 is 2.64 bits per heavy atom. The molecule has 0 aromatic carbocycles. The summed E-state index contributed by atoms with van der Waals surface area (Å²) in [5.74, 6) is 0.809. The third kappa shape index (κ3) is 4.82. The largest absolute Gasteiger partial charge is 0.466 e. The second kappa shape index (κ2) is 7.07. The average Bonchev–Trinajstić information content (AvgIpc) is 2.88. The van der Waals surface area contributed by atoms with Crippen LogP contribution in [-0.2, 0) is 9.53 Å². The summed E-state index contributed by atoms with van der Waals surface area (Å²) in [5, 5.41) is 3.04. The molecule has 1 aliphatic carbocycles. The maximum absolute atomic E-state index is 11.4. The fourth-order valence-corrected chi connectivity index (χ4v) is 1.53. The topological polar surface area (TPSA) is 38.3 Å². The number of nitrogens with one attached hydrogen (secondary N) is 1. The first-order valence-corrected chi connectivity index (χ1v) is 5.09. The van der Waals surface area contributed by atoms with Crippen molar-refractivity contribution >= 4 is 18.4 Å². The second-order valence-corrected chi connectivity index (χ2v) is 3.69. The number of carbonyl (C=O) groups is 1. The van der Waals surface area contributed by atoms with E-state index in [1.165, 1.54) is 12.8 Å². The summed E-state index contributed by atoms with van der Waals surface area (Å²) in [7, 11) is 1.87. The Kier molecular flexibility index (Phi) is 6.93. The number of hydrogen-bond donors (Lipinski definition) is 1. The van der Waals surface area contributed by atoms with Crippen LogP contribution >= 0.6 is 12.4 Å². The van der Waals surface area contributed by atoms with Crippen molar-refractivity contribution in [3.8, 4) is 0 Å². The highest BCUT2D eigenvalue weighted by molar-refractivity contribution is 5.85. The van der Waals surface area contributed by atoms with E-state index >= 15 is 0 Å². The Hall–Kier alpha value is -0.280. The lowest BCUT2D eigenvalue weighted by Crippen LogP contribution is -2.28. The van der Waals surface area contributed by atoms with Crippen LogP contribution in [0.1, 0.15) is 26.2 Å². The number of esters is 1. The third-order valence-corrected chi connectivity index (χ3v) is 2.39. The molecule has 4 heteroatoms. The van der Waals surface area contributed by atoms with E-state index in [0.29, 0.717) is 6.61 Å². The monoisotopic (exact) mass is 221 g/mol. The van der Waals surface area contributed by atoms with Crippen molar-refractivity contribution in [2.45, 2.75) is 26.2 Å². The molecule has 0 spiro atoms. The fourth-order valence-electron chi connectivity index (χ4n) is 1.53. The Morgan fingerprint density at radius 1 is 1.57 bits per heavy atom. The number of ether oxygens (including phenoxy) is 1. The molecule has 0 aromatic rings. The Balaban J connectivity index is 0.00000169. The van der Waals surface area contributed by atoms with Crippen molar-refractivity contribution in [3.05, 3.63) is 0 Å². The Bertz CT molecular complexity index is 172. The van der Waals surface area contributed by atoms with Crippen molar-refractivity contribution in [3.63, 3.8) is 0 Å². The Morgan fingerprint density at radius 2 is 2.21 bits per heavy atom. The van der Waals surface area contributed by atoms with E-state index in [9.17, 15) is 4.79 Å². The molecule has 84 valence electrons. The van der Waals surface area contributed by atoms with Gasteiger partial charge in [0.25, 0.3) is 0 Å². The van der Waals surface area contributed by atoms with Crippen LogP contribution in [0.15, 0.2) is 0 Å². The number of rotatable bonds is 6. The first-order chi connectivity index (χ1) is 6.27. The van der Waals surface area contributed by atoms with Crippen molar-refractivity contribution in [2.24, 2.45) is 11.8 Å². The zero-order valence-corrected chi connectivity index (χ0v) is 9.73. The number of hydrogen-bond acceptors (Lipinski definition) is 3. The summed E-state index contributed by atoms with van der Waals surface area (Å²) in [6.45, 7) is 3.09. The molecule has 0 amide bonds. The van der Waals surface area contributed by atoms with Crippen LogP contribution in [0.4, 0.5) is 0 Å². The minimum Gasteiger partial charge on any atom is -0.466 e. The van der Waals surface area contributed by atoms with Gasteiger partial charge in [-0.05, 0) is 26.3 Å². The highest BCUT2D eigenvalue weighted by atomic mass is 35.5. The van der Waals surface area contributed by atoms with E-state index in [4.69, 9.17) is 4.74 Å². The molecule has 3 nitrogen and oxygen atoms in total. The molecule has 0 aromatic heterocycles. The highest BCUT2D eigenvalue weighted by Gasteiger charge is 2.29. The molecular weight excluding hydrogens is 202 g/mol. The predicted octanol–water partition coefficient (Wildman–Crippen LogP) is 1.61. The van der Waals surface area contributed by atoms with Gasteiger partial charge in [-0.1, -0.05) is 12.8 Å². The van der Waals surface area contributed by atoms with E-state index in [1.54, 1.807) is 0 Å². The molecule has 14 heavy (non-hydrogen) atoms. The normalized spacial score (nSPS) is 17.0. The Labute approximate surface area is 92.0 Å². The van der Waals surface area contributed by atoms with E-state index in [2.05, 4.69) is 5.32 Å². The van der Waals surface area contributed by atoms with Crippen LogP contribution < -0.4 is 5.32 Å². The lowest BCUT2D eigenvalue weighted by Gasteiger charge is -2.14. The van der Waals surface area contributed by atoms with Gasteiger partial charge in [-0.15, -0.1) is 12.4 Å². The van der Waals surface area contributed by atoms with E-state index in [0.717, 1.165) is 18.9 Å². The molecule has 0 bridgehead atoms. The van der Waals surface area contributed by atoms with Gasteiger partial charge in [-0.3, -0.25) is 4.79 Å². The molecule has 1 rings (SSSR count). The van der Waals surface area contributed by atoms with Gasteiger partial charge in [0.1, 0.15) is 0 Å². The van der Waals surface area contributed by atoms with E-state index in [-0.39, 0.29) is 24.3 Å². The van der Waals surface area contributed by atoms with Gasteiger partial charge < -0.3 is 10.1 Å². The van der Waals surface area contributed by atoms with Gasteiger partial charge in [0, 0.05) is 6.54 Å². The van der Waals surface area contributed by atoms with Crippen molar-refractivity contribution < 1.29 is 9.53 Å². The highest BCUT2D eigenvalue weighted by Crippen LogP contribution is 2.35. The summed E-state index contributed by atoms with van der Waals surface area (Å²) >= 11 is 0. The summed E-state index contributed by atoms with van der Waals surface area (Å²) < 4.78 is 5.01. The second-order valence-electron chi connectivity index (χ2n) is 3.69. The third-order valence-electron chi connectivity index (χ3n) is 2.39. The van der Waals surface area contributed by atoms with Gasteiger partial charge in [-0.2, -0.15) is 0 Å². The SMILES string of the molecule is CCOC(=O)C(CNC)CC1CC1.Cl. The summed E-state index contributed by atoms with van der Waals surface area (Å²) in [6, 6.07) is 0. The standard InChI is InChI=1S/C10H19NO2.ClH/c1-3-13-10(12)9(7-11-2)6-8-4-5-8;/h8-9,11H,3-7H2,1-2H3;1H. The van der Waals surface area contributed by atoms with Crippen LogP contribution in [0.25, 0.3) is 0 Å². The lowest BCUT2D eigenvalue weighted by atomic mass is 10.0. The minimum atomic E-state index is -0.0382. The summed E-state index contributed by atoms with van der Waals surface area (Å²) in [5.41, 5.74) is 0. The molecule has 0 radical (unpaired) electrons. The molecular formula is C10H20ClNO2. The molecule has 1 fully saturated rings. The molecule has 0 heterocycles. The van der Waals surface area contributed by atoms with Gasteiger partial charge in [0.15, 0.2) is 0 Å². The van der Waals surface area contributed by atoms with Crippen molar-refractivity contribution in [1.82, 2.24) is 5.32 Å². The van der Waals surface area contributed by atoms with Gasteiger partial charge in [0.05, 0.1) is 12.5 Å². The first kappa shape index (κ1) is 13.7. The van der Waals surface area contributed by atoms with Crippen molar-refractivity contribution in [1.29, 1.82) is 0 Å². The number of halogens is 1. The zero-order valence-electron chi connectivity index (χ0n) is 8.91. The molecule has 1 N–H and O–H groups in total. The quantitative estimate of drug-likeness (QED) is 0.693. The smallest absolute Gasteiger partial charge is 0.310 e. The molecule has 1 atom stereocenters. The van der Waals surface area contributed by atoms with Gasteiger partial charge in [0.2, 0.25) is 0 Å². The molecule has 1 unspecified atom stereocenters. The molecule has 0 aliphatic heterocycles. The van der Waals surface area contributed by atoms with Crippen LogP contribution in [-0.4, -0.2) is 26.2 Å². The van der Waals surface area contributed by atoms with Crippen molar-refractivity contribution in [2.75, 3.05) is 20.2 Å². The molecule has 1 saturated carbocycles. The van der Waals surface area contributed by atoms with Crippen LogP contribution in [0.5, 0.6) is 0 Å². The maximum atomic E-state index is 11.4. The predicted molar refractivity (Wildman–Crippen MR) is 58.6 cm³/mol. The zero-order chi connectivity index (χ0) is 9.68. The van der Waals surface area contributed by atoms with Gasteiger partial charge in [-0.25, -0.2) is 0 Å². The fraction of sp³-hybridized carbons (Fsp3) is 0.900. The molecule has 1 aliphatic rings. The summed E-state index contributed by atoms with van der Waals surface area (Å²) in [4.78, 5) is 11.4. The average molecular weight is 222 g/mol. The maximum Gasteiger partial charge on any atom is 0.310 e. The van der Waals surface area contributed by atoms with E-state index in [1.807, 2.05) is 14.0 Å². The van der Waals surface area contributed by atoms with Crippen LogP contribution in [0.3, 0.4) is 0 Å².